The van der Waals surface area contributed by atoms with E-state index in [1.165, 1.54) is 4.52 Å². The summed E-state index contributed by atoms with van der Waals surface area (Å²) in [6, 6.07) is 6.81. The van der Waals surface area contributed by atoms with Gasteiger partial charge < -0.3 is 5.32 Å². The zero-order chi connectivity index (χ0) is 15.5. The van der Waals surface area contributed by atoms with Crippen LogP contribution in [0.5, 0.6) is 0 Å². The Kier molecular flexibility index (Phi) is 4.07. The SMILES string of the molecule is O=C(CSc1nnc2[nH]c(=O)cnn12)Nc1ccc(Cl)cc1. The van der Waals surface area contributed by atoms with Crippen molar-refractivity contribution in [1.82, 2.24) is 24.8 Å². The van der Waals surface area contributed by atoms with E-state index in [-0.39, 0.29) is 23.0 Å². The van der Waals surface area contributed by atoms with Gasteiger partial charge in [-0.15, -0.1) is 10.2 Å². The van der Waals surface area contributed by atoms with Crippen LogP contribution in [-0.4, -0.2) is 36.5 Å². The van der Waals surface area contributed by atoms with Crippen LogP contribution in [0.25, 0.3) is 5.78 Å². The number of carbonyl (C=O) groups is 1. The number of hydrogen-bond acceptors (Lipinski definition) is 6. The predicted octanol–water partition coefficient (Wildman–Crippen LogP) is 1.20. The molecule has 0 spiro atoms. The molecule has 2 N–H and O–H groups in total. The van der Waals surface area contributed by atoms with Gasteiger partial charge in [0.1, 0.15) is 6.20 Å². The van der Waals surface area contributed by atoms with E-state index in [9.17, 15) is 9.59 Å². The molecule has 1 amide bonds. The molecule has 0 aliphatic carbocycles. The summed E-state index contributed by atoms with van der Waals surface area (Å²) < 4.78 is 1.36. The Hall–Kier alpha value is -2.39. The summed E-state index contributed by atoms with van der Waals surface area (Å²) in [6.45, 7) is 0. The summed E-state index contributed by atoms with van der Waals surface area (Å²) in [5, 5.41) is 15.3. The molecule has 0 atom stereocenters. The minimum absolute atomic E-state index is 0.129. The molecule has 22 heavy (non-hydrogen) atoms. The summed E-state index contributed by atoms with van der Waals surface area (Å²) in [5.41, 5.74) is 0.292. The van der Waals surface area contributed by atoms with E-state index in [0.29, 0.717) is 15.9 Å². The maximum Gasteiger partial charge on any atom is 0.271 e. The van der Waals surface area contributed by atoms with Gasteiger partial charge in [0.15, 0.2) is 0 Å². The van der Waals surface area contributed by atoms with Crippen LogP contribution in [0.15, 0.2) is 40.4 Å². The molecule has 3 aromatic rings. The number of rotatable bonds is 4. The Morgan fingerprint density at radius 1 is 1.32 bits per heavy atom. The lowest BCUT2D eigenvalue weighted by Crippen LogP contribution is -2.14. The number of amides is 1. The molecule has 0 bridgehead atoms. The Bertz CT molecular complexity index is 875. The highest BCUT2D eigenvalue weighted by Gasteiger charge is 2.10. The van der Waals surface area contributed by atoms with Crippen LogP contribution in [0.4, 0.5) is 5.69 Å². The second-order valence-corrected chi connectivity index (χ2v) is 5.57. The number of carbonyl (C=O) groups excluding carboxylic acids is 1. The van der Waals surface area contributed by atoms with Crippen molar-refractivity contribution < 1.29 is 4.79 Å². The summed E-state index contributed by atoms with van der Waals surface area (Å²) in [7, 11) is 0. The van der Waals surface area contributed by atoms with Crippen molar-refractivity contribution in [2.45, 2.75) is 5.16 Å². The van der Waals surface area contributed by atoms with E-state index in [0.717, 1.165) is 18.0 Å². The van der Waals surface area contributed by atoms with Gasteiger partial charge in [0.05, 0.1) is 5.75 Å². The van der Waals surface area contributed by atoms with Gasteiger partial charge in [0, 0.05) is 10.7 Å². The highest BCUT2D eigenvalue weighted by atomic mass is 35.5. The lowest BCUT2D eigenvalue weighted by molar-refractivity contribution is -0.113. The van der Waals surface area contributed by atoms with Crippen LogP contribution >= 0.6 is 23.4 Å². The number of nitrogens with zero attached hydrogens (tertiary/aromatic N) is 4. The van der Waals surface area contributed by atoms with Crippen LogP contribution in [-0.2, 0) is 4.79 Å². The normalized spacial score (nSPS) is 10.8. The van der Waals surface area contributed by atoms with Gasteiger partial charge in [0.25, 0.3) is 11.3 Å². The van der Waals surface area contributed by atoms with Crippen molar-refractivity contribution in [2.75, 3.05) is 11.1 Å². The fourth-order valence-electron chi connectivity index (χ4n) is 1.65. The first-order chi connectivity index (χ1) is 10.6. The fourth-order valence-corrected chi connectivity index (χ4v) is 2.46. The van der Waals surface area contributed by atoms with Crippen molar-refractivity contribution >= 4 is 40.7 Å². The number of hydrogen-bond donors (Lipinski definition) is 2. The van der Waals surface area contributed by atoms with Gasteiger partial charge >= 0.3 is 0 Å². The number of aromatic nitrogens is 5. The van der Waals surface area contributed by atoms with E-state index in [1.54, 1.807) is 24.3 Å². The van der Waals surface area contributed by atoms with Crippen LogP contribution in [0, 0.1) is 0 Å². The molecule has 8 nitrogen and oxygen atoms in total. The van der Waals surface area contributed by atoms with Gasteiger partial charge in [-0.3, -0.25) is 14.6 Å². The quantitative estimate of drug-likeness (QED) is 0.693. The predicted molar refractivity (Wildman–Crippen MR) is 82.2 cm³/mol. The van der Waals surface area contributed by atoms with Crippen molar-refractivity contribution in [3.8, 4) is 0 Å². The number of H-pyrrole nitrogens is 1. The Morgan fingerprint density at radius 2 is 2.09 bits per heavy atom. The average molecular weight is 337 g/mol. The molecule has 112 valence electrons. The van der Waals surface area contributed by atoms with E-state index < -0.39 is 0 Å². The molecule has 1 aromatic carbocycles. The number of aromatic amines is 1. The number of fused-ring (bicyclic) bond motifs is 1. The third-order valence-electron chi connectivity index (χ3n) is 2.60. The second kappa shape index (κ2) is 6.16. The zero-order valence-electron chi connectivity index (χ0n) is 11.0. The minimum atomic E-state index is -0.364. The zero-order valence-corrected chi connectivity index (χ0v) is 12.6. The molecular formula is C12H9ClN6O2S. The molecule has 0 saturated carbocycles. The van der Waals surface area contributed by atoms with Crippen LogP contribution < -0.4 is 10.9 Å². The molecule has 2 aromatic heterocycles. The molecule has 0 fully saturated rings. The molecule has 0 aliphatic heterocycles. The average Bonchev–Trinajstić information content (AvgIpc) is 2.89. The lowest BCUT2D eigenvalue weighted by Gasteiger charge is -2.04. The van der Waals surface area contributed by atoms with Crippen LogP contribution in [0.3, 0.4) is 0 Å². The first-order valence-corrected chi connectivity index (χ1v) is 7.47. The van der Waals surface area contributed by atoms with Gasteiger partial charge in [-0.05, 0) is 24.3 Å². The van der Waals surface area contributed by atoms with Crippen molar-refractivity contribution in [2.24, 2.45) is 0 Å². The molecule has 0 unspecified atom stereocenters. The molecule has 0 radical (unpaired) electrons. The number of thioether (sulfide) groups is 1. The van der Waals surface area contributed by atoms with Crippen LogP contribution in [0.2, 0.25) is 5.02 Å². The first-order valence-electron chi connectivity index (χ1n) is 6.11. The van der Waals surface area contributed by atoms with E-state index >= 15 is 0 Å². The first kappa shape index (κ1) is 14.5. The number of nitrogens with one attached hydrogen (secondary N) is 2. The fraction of sp³-hybridized carbons (Fsp3) is 0.0833. The summed E-state index contributed by atoms with van der Waals surface area (Å²) >= 11 is 6.94. The largest absolute Gasteiger partial charge is 0.325 e. The monoisotopic (exact) mass is 336 g/mol. The van der Waals surface area contributed by atoms with Crippen molar-refractivity contribution in [1.29, 1.82) is 0 Å². The number of anilines is 1. The third kappa shape index (κ3) is 3.26. The summed E-state index contributed by atoms with van der Waals surface area (Å²) in [4.78, 5) is 25.5. The highest BCUT2D eigenvalue weighted by molar-refractivity contribution is 7.99. The van der Waals surface area contributed by atoms with Crippen molar-refractivity contribution in [3.05, 3.63) is 45.8 Å². The Labute approximate surface area is 132 Å². The summed E-state index contributed by atoms with van der Waals surface area (Å²) in [5.74, 6) is 0.158. The molecule has 0 saturated heterocycles. The van der Waals surface area contributed by atoms with Crippen LogP contribution in [0.1, 0.15) is 0 Å². The molecule has 2 heterocycles. The standard InChI is InChI=1S/C12H9ClN6O2S/c13-7-1-3-8(4-2-7)15-10(21)6-22-12-18-17-11-16-9(20)5-14-19(11)12/h1-5H,6H2,(H,15,21)(H,16,17,20). The number of halogens is 1. The lowest BCUT2D eigenvalue weighted by atomic mass is 10.3. The smallest absolute Gasteiger partial charge is 0.271 e. The van der Waals surface area contributed by atoms with E-state index in [1.807, 2.05) is 0 Å². The maximum atomic E-state index is 11.9. The number of benzene rings is 1. The maximum absolute atomic E-state index is 11.9. The highest BCUT2D eigenvalue weighted by Crippen LogP contribution is 2.16. The Balaban J connectivity index is 1.65. The Morgan fingerprint density at radius 3 is 2.86 bits per heavy atom. The second-order valence-electron chi connectivity index (χ2n) is 4.20. The van der Waals surface area contributed by atoms with E-state index in [4.69, 9.17) is 11.6 Å². The van der Waals surface area contributed by atoms with Gasteiger partial charge in [-0.1, -0.05) is 23.4 Å². The molecule has 0 aliphatic rings. The molecular weight excluding hydrogens is 328 g/mol. The topological polar surface area (TPSA) is 105 Å². The van der Waals surface area contributed by atoms with Gasteiger partial charge in [-0.2, -0.15) is 9.61 Å². The van der Waals surface area contributed by atoms with Crippen molar-refractivity contribution in [3.63, 3.8) is 0 Å². The minimum Gasteiger partial charge on any atom is -0.325 e. The molecule has 3 rings (SSSR count). The van der Waals surface area contributed by atoms with Gasteiger partial charge in [0.2, 0.25) is 11.1 Å². The molecule has 10 heteroatoms. The van der Waals surface area contributed by atoms with E-state index in [2.05, 4.69) is 25.6 Å². The van der Waals surface area contributed by atoms with Gasteiger partial charge in [-0.25, -0.2) is 0 Å². The third-order valence-corrected chi connectivity index (χ3v) is 3.77. The summed E-state index contributed by atoms with van der Waals surface area (Å²) in [6.07, 6.45) is 1.12.